The molecule has 0 heterocycles. The molecule has 0 saturated heterocycles. The molecule has 0 aromatic rings. The van der Waals surface area contributed by atoms with E-state index in [0.29, 0.717) is 0 Å². The van der Waals surface area contributed by atoms with Gasteiger partial charge in [-0.05, 0) is 0 Å². The molecule has 0 aliphatic rings. The van der Waals surface area contributed by atoms with Gasteiger partial charge < -0.3 is 62.8 Å². The van der Waals surface area contributed by atoms with Crippen LogP contribution >= 0.6 is 0 Å². The smallest absolute Gasteiger partial charge is 0.336 e. The van der Waals surface area contributed by atoms with Crippen molar-refractivity contribution in [3.8, 4) is 0 Å². The van der Waals surface area contributed by atoms with Crippen LogP contribution in [0.1, 0.15) is 25.7 Å². The van der Waals surface area contributed by atoms with Crippen LogP contribution in [-0.4, -0.2) is 223 Å². The monoisotopic (exact) mass is 576 g/mol. The number of carbonyl (C=O) groups is 6. The third kappa shape index (κ3) is 28.5. The van der Waals surface area contributed by atoms with Crippen molar-refractivity contribution in [2.75, 3.05) is 0 Å². The minimum Gasteiger partial charge on any atom is -0.481 e. The van der Waals surface area contributed by atoms with E-state index in [9.17, 15) is 28.8 Å². The van der Waals surface area contributed by atoms with Gasteiger partial charge in [-0.3, -0.25) is 19.2 Å². The van der Waals surface area contributed by atoms with Gasteiger partial charge in [-0.2, -0.15) is 0 Å². The molecule has 0 saturated carbocycles. The fourth-order valence-corrected chi connectivity index (χ4v) is 1.43. The predicted octanol–water partition coefficient (Wildman–Crippen LogP) is -6.94. The predicted molar refractivity (Wildman–Crippen MR) is 106 cm³/mol. The van der Waals surface area contributed by atoms with Crippen LogP contribution in [0.25, 0.3) is 0 Å². The Labute approximate surface area is 273 Å². The van der Waals surface area contributed by atoms with Gasteiger partial charge in [0.05, 0.1) is 25.7 Å². The van der Waals surface area contributed by atoms with Crippen molar-refractivity contribution < 1.29 is 91.5 Å². The van der Waals surface area contributed by atoms with Gasteiger partial charge in [-0.1, -0.05) is 0 Å². The van der Waals surface area contributed by atoms with Crippen LogP contribution in [0, 0.1) is 0 Å². The minimum absolute atomic E-state index is 0. The molecule has 21 heteroatoms. The number of aliphatic carboxylic acids is 6. The summed E-state index contributed by atoms with van der Waals surface area (Å²) in [6.45, 7) is 0. The van der Waals surface area contributed by atoms with E-state index in [0.717, 1.165) is 0 Å². The van der Waals surface area contributed by atoms with Gasteiger partial charge in [-0.15, -0.1) is 0 Å². The van der Waals surface area contributed by atoms with Crippen molar-refractivity contribution in [1.82, 2.24) is 0 Å². The second kappa shape index (κ2) is 27.0. The van der Waals surface area contributed by atoms with Crippen molar-refractivity contribution >= 4 is 149 Å². The van der Waals surface area contributed by atoms with Crippen LogP contribution in [0.4, 0.5) is 0 Å². The topological polar surface area (TPSA) is 390 Å². The van der Waals surface area contributed by atoms with Gasteiger partial charge in [0, 0.05) is 113 Å². The number of aliphatic hydroxyl groups is 2. The summed E-state index contributed by atoms with van der Waals surface area (Å²) in [7, 11) is 0. The van der Waals surface area contributed by atoms with Gasteiger partial charge in [-0.25, -0.2) is 9.59 Å². The third-order valence-corrected chi connectivity index (χ3v) is 2.57. The zero-order chi connectivity index (χ0) is 21.3. The van der Waals surface area contributed by atoms with Crippen molar-refractivity contribution in [2.24, 2.45) is 0 Å². The molecule has 0 fully saturated rings. The molecule has 186 valence electrons. The molecular formula is C12H24Ca3O18. The van der Waals surface area contributed by atoms with Crippen LogP contribution in [0.5, 0.6) is 0 Å². The van der Waals surface area contributed by atoms with E-state index in [1.807, 2.05) is 0 Å². The Morgan fingerprint density at radius 2 is 0.545 bits per heavy atom. The Morgan fingerprint density at radius 1 is 0.424 bits per heavy atom. The zero-order valence-corrected chi connectivity index (χ0v) is 23.6. The second-order valence-corrected chi connectivity index (χ2v) is 4.96. The Hall–Kier alpha value is 0.359. The van der Waals surface area contributed by atoms with E-state index in [2.05, 4.69) is 0 Å². The second-order valence-electron chi connectivity index (χ2n) is 4.96. The molecule has 6 radical (unpaired) electrons. The maximum Gasteiger partial charge on any atom is 0.336 e. The molecule has 0 spiro atoms. The van der Waals surface area contributed by atoms with E-state index in [1.54, 1.807) is 0 Å². The summed E-state index contributed by atoms with van der Waals surface area (Å²) in [5.41, 5.74) is -5.48. The number of hydrogen-bond acceptors (Lipinski definition) is 8. The van der Waals surface area contributed by atoms with Crippen LogP contribution in [-0.2, 0) is 28.8 Å². The first-order valence-electron chi connectivity index (χ1n) is 6.34. The van der Waals surface area contributed by atoms with E-state index < -0.39 is 72.7 Å². The van der Waals surface area contributed by atoms with Crippen molar-refractivity contribution in [3.05, 3.63) is 0 Å². The first-order valence-corrected chi connectivity index (χ1v) is 6.34. The Morgan fingerprint density at radius 3 is 0.606 bits per heavy atom. The van der Waals surface area contributed by atoms with Gasteiger partial charge in [0.2, 0.25) is 0 Å². The molecule has 18 nitrogen and oxygen atoms in total. The van der Waals surface area contributed by atoms with E-state index in [4.69, 9.17) is 40.9 Å². The van der Waals surface area contributed by atoms with Crippen molar-refractivity contribution in [3.63, 3.8) is 0 Å². The Bertz CT molecular complexity index is 524. The van der Waals surface area contributed by atoms with Gasteiger partial charge in [0.1, 0.15) is 0 Å². The quantitative estimate of drug-likeness (QED) is 0.112. The van der Waals surface area contributed by atoms with E-state index in [1.165, 1.54) is 0 Å². The Balaban J connectivity index is -0.0000000411. The third-order valence-electron chi connectivity index (χ3n) is 2.57. The van der Waals surface area contributed by atoms with Crippen LogP contribution in [0.15, 0.2) is 0 Å². The molecular weight excluding hydrogens is 552 g/mol. The fraction of sp³-hybridized carbons (Fsp3) is 0.500. The largest absolute Gasteiger partial charge is 0.481 e. The maximum absolute atomic E-state index is 10.3. The first-order chi connectivity index (χ1) is 11.6. The fourth-order valence-electron chi connectivity index (χ4n) is 1.43. The summed E-state index contributed by atoms with van der Waals surface area (Å²) in [6.07, 6.45) is -4.58. The zero-order valence-electron chi connectivity index (χ0n) is 17.0. The summed E-state index contributed by atoms with van der Waals surface area (Å²) < 4.78 is 0. The summed E-state index contributed by atoms with van der Waals surface area (Å²) in [5, 5.41) is 67.6. The summed E-state index contributed by atoms with van der Waals surface area (Å²) in [4.78, 5) is 61.0. The maximum atomic E-state index is 10.3. The van der Waals surface area contributed by atoms with E-state index >= 15 is 0 Å². The van der Waals surface area contributed by atoms with Crippen molar-refractivity contribution in [2.45, 2.75) is 36.9 Å². The minimum atomic E-state index is -2.74. The summed E-state index contributed by atoms with van der Waals surface area (Å²) >= 11 is 0. The molecule has 0 aliphatic carbocycles. The van der Waals surface area contributed by atoms with E-state index in [-0.39, 0.29) is 135 Å². The molecule has 33 heavy (non-hydrogen) atoms. The molecule has 0 aliphatic heterocycles. The average Bonchev–Trinajstić information content (AvgIpc) is 2.34. The number of hydrogen-bond donors (Lipinski definition) is 8. The molecule has 0 atom stereocenters. The van der Waals surface area contributed by atoms with Gasteiger partial charge in [0.15, 0.2) is 11.2 Å². The number of carboxylic acids is 6. The molecule has 16 N–H and O–H groups in total. The van der Waals surface area contributed by atoms with Crippen LogP contribution < -0.4 is 0 Å². The number of rotatable bonds is 10. The SMILES string of the molecule is O.O.O.O.O=C(O)CC(O)(CC(=O)O)C(=O)O.O=C(O)CC(O)(CC(=O)O)C(=O)O.[Ca].[Ca].[Ca]. The molecule has 0 unspecified atom stereocenters. The van der Waals surface area contributed by atoms with Gasteiger partial charge >= 0.3 is 35.8 Å². The summed E-state index contributed by atoms with van der Waals surface area (Å²) in [5.74, 6) is -10.0. The standard InChI is InChI=1S/2C6H8O7.3Ca.4H2O/c2*7-3(8)1-6(13,5(11)12)2-4(9)10;;;;;;;/h2*13H,1-2H2,(H,7,8)(H,9,10)(H,11,12);;;;4*1H2. The van der Waals surface area contributed by atoms with Crippen LogP contribution in [0.2, 0.25) is 0 Å². The molecule has 0 aromatic carbocycles. The Kier molecular flexibility index (Phi) is 48.1. The molecule has 0 amide bonds. The first kappa shape index (κ1) is 58.9. The van der Waals surface area contributed by atoms with Crippen LogP contribution in [0.3, 0.4) is 0 Å². The molecule has 0 aromatic heterocycles. The average molecular weight is 577 g/mol. The molecule has 0 bridgehead atoms. The number of carboxylic acid groups (broad SMARTS) is 6. The van der Waals surface area contributed by atoms with Gasteiger partial charge in [0.25, 0.3) is 0 Å². The summed E-state index contributed by atoms with van der Waals surface area (Å²) in [6, 6.07) is 0. The normalized spacial score (nSPS) is 8.55. The van der Waals surface area contributed by atoms with Crippen molar-refractivity contribution in [1.29, 1.82) is 0 Å². The molecule has 0 rings (SSSR count).